The minimum Gasteiger partial charge on any atom is -0.477 e. The number of hydrogen-bond acceptors (Lipinski definition) is 7. The second kappa shape index (κ2) is 5.06. The van der Waals surface area contributed by atoms with Gasteiger partial charge in [-0.05, 0) is 18.7 Å². The van der Waals surface area contributed by atoms with Gasteiger partial charge in [0.2, 0.25) is 0 Å². The molecule has 5 nitrogen and oxygen atoms in total. The number of aromatic carboxylic acids is 1. The number of carboxylic acids is 1. The zero-order valence-corrected chi connectivity index (χ0v) is 11.5. The van der Waals surface area contributed by atoms with Gasteiger partial charge in [0.1, 0.15) is 9.88 Å². The molecule has 2 aromatic rings. The third-order valence-corrected chi connectivity index (χ3v) is 4.75. The molecule has 0 saturated heterocycles. The number of rotatable bonds is 3. The lowest BCUT2D eigenvalue weighted by Gasteiger charge is -2.02. The predicted molar refractivity (Wildman–Crippen MR) is 62.8 cm³/mol. The lowest BCUT2D eigenvalue weighted by Crippen LogP contribution is -2.11. The Bertz CT molecular complexity index is 622. The van der Waals surface area contributed by atoms with E-state index in [9.17, 15) is 18.0 Å². The molecule has 102 valence electrons. The average Bonchev–Trinajstić information content (AvgIpc) is 2.85. The van der Waals surface area contributed by atoms with Gasteiger partial charge in [-0.2, -0.15) is 13.2 Å². The van der Waals surface area contributed by atoms with E-state index < -0.39 is 22.7 Å². The molecule has 2 aromatic heterocycles. The van der Waals surface area contributed by atoms with E-state index in [4.69, 9.17) is 5.11 Å². The first-order valence-electron chi connectivity index (χ1n) is 4.56. The molecule has 0 aliphatic rings. The van der Waals surface area contributed by atoms with Crippen LogP contribution in [0.5, 0.6) is 0 Å². The highest BCUT2D eigenvalue weighted by molar-refractivity contribution is 8.02. The predicted octanol–water partition coefficient (Wildman–Crippen LogP) is 3.17. The summed E-state index contributed by atoms with van der Waals surface area (Å²) in [4.78, 5) is 13.3. The van der Waals surface area contributed by atoms with E-state index in [0.717, 1.165) is 11.8 Å². The Hall–Kier alpha value is -1.20. The van der Waals surface area contributed by atoms with Crippen LogP contribution in [0.15, 0.2) is 8.68 Å². The standard InChI is InChI=1S/C8H4F3N3O2S3/c1-2-13-14-7(17-2)19-6-12-4(8(9,10)11)3(18-6)5(15)16/h1H3,(H,15,16). The Kier molecular flexibility index (Phi) is 3.78. The first-order chi connectivity index (χ1) is 8.77. The average molecular weight is 327 g/mol. The second-order valence-electron chi connectivity index (χ2n) is 3.15. The minimum absolute atomic E-state index is 0.0270. The van der Waals surface area contributed by atoms with Crippen molar-refractivity contribution in [2.24, 2.45) is 0 Å². The van der Waals surface area contributed by atoms with Gasteiger partial charge < -0.3 is 5.11 Å². The SMILES string of the molecule is Cc1nnc(Sc2nc(C(F)(F)F)c(C(=O)O)s2)s1. The normalized spacial score (nSPS) is 11.8. The summed E-state index contributed by atoms with van der Waals surface area (Å²) in [5, 5.41) is 16.8. The van der Waals surface area contributed by atoms with Crippen molar-refractivity contribution in [1.29, 1.82) is 0 Å². The molecule has 0 fully saturated rings. The molecule has 0 aliphatic heterocycles. The molecule has 0 unspecified atom stereocenters. The van der Waals surface area contributed by atoms with Gasteiger partial charge in [0.25, 0.3) is 0 Å². The third kappa shape index (κ3) is 3.22. The van der Waals surface area contributed by atoms with Crippen LogP contribution < -0.4 is 0 Å². The van der Waals surface area contributed by atoms with E-state index in [1.807, 2.05) is 0 Å². The Morgan fingerprint density at radius 1 is 1.26 bits per heavy atom. The van der Waals surface area contributed by atoms with Gasteiger partial charge in [0.15, 0.2) is 14.4 Å². The van der Waals surface area contributed by atoms with Crippen LogP contribution in [0.4, 0.5) is 13.2 Å². The molecular formula is C8H4F3N3O2S3. The molecule has 2 heterocycles. The van der Waals surface area contributed by atoms with Gasteiger partial charge in [0.05, 0.1) is 0 Å². The number of carboxylic acid groups (broad SMARTS) is 1. The summed E-state index contributed by atoms with van der Waals surface area (Å²) in [5.74, 6) is -1.65. The number of aryl methyl sites for hydroxylation is 1. The van der Waals surface area contributed by atoms with Gasteiger partial charge in [-0.1, -0.05) is 22.7 Å². The summed E-state index contributed by atoms with van der Waals surface area (Å²) in [6.07, 6.45) is -4.79. The van der Waals surface area contributed by atoms with E-state index in [1.54, 1.807) is 6.92 Å². The van der Waals surface area contributed by atoms with E-state index >= 15 is 0 Å². The Morgan fingerprint density at radius 3 is 2.37 bits per heavy atom. The molecule has 0 spiro atoms. The Morgan fingerprint density at radius 2 is 1.95 bits per heavy atom. The summed E-state index contributed by atoms with van der Waals surface area (Å²) in [6.45, 7) is 1.70. The lowest BCUT2D eigenvalue weighted by atomic mass is 10.3. The largest absolute Gasteiger partial charge is 0.477 e. The highest BCUT2D eigenvalue weighted by atomic mass is 32.2. The maximum absolute atomic E-state index is 12.6. The fraction of sp³-hybridized carbons (Fsp3) is 0.250. The van der Waals surface area contributed by atoms with Crippen LogP contribution in [0, 0.1) is 6.92 Å². The topological polar surface area (TPSA) is 76.0 Å². The molecule has 0 atom stereocenters. The lowest BCUT2D eigenvalue weighted by molar-refractivity contribution is -0.141. The number of carbonyl (C=O) groups is 1. The molecule has 11 heteroatoms. The summed E-state index contributed by atoms with van der Waals surface area (Å²) in [5.41, 5.74) is -1.38. The van der Waals surface area contributed by atoms with E-state index in [1.165, 1.54) is 11.3 Å². The van der Waals surface area contributed by atoms with E-state index in [2.05, 4.69) is 15.2 Å². The van der Waals surface area contributed by atoms with Crippen molar-refractivity contribution in [2.45, 2.75) is 21.8 Å². The number of aromatic nitrogens is 3. The minimum atomic E-state index is -4.79. The maximum atomic E-state index is 12.6. The number of nitrogens with zero attached hydrogens (tertiary/aromatic N) is 3. The number of alkyl halides is 3. The zero-order chi connectivity index (χ0) is 14.2. The van der Waals surface area contributed by atoms with Crippen molar-refractivity contribution < 1.29 is 23.1 Å². The van der Waals surface area contributed by atoms with Crippen LogP contribution in [0.2, 0.25) is 0 Å². The molecule has 0 bridgehead atoms. The molecule has 19 heavy (non-hydrogen) atoms. The smallest absolute Gasteiger partial charge is 0.435 e. The van der Waals surface area contributed by atoms with Crippen molar-refractivity contribution in [3.8, 4) is 0 Å². The van der Waals surface area contributed by atoms with Gasteiger partial charge in [-0.3, -0.25) is 0 Å². The van der Waals surface area contributed by atoms with E-state index in [0.29, 0.717) is 20.7 Å². The first-order valence-corrected chi connectivity index (χ1v) is 7.01. The monoisotopic (exact) mass is 327 g/mol. The van der Waals surface area contributed by atoms with Crippen molar-refractivity contribution in [2.75, 3.05) is 0 Å². The molecular weight excluding hydrogens is 323 g/mol. The zero-order valence-electron chi connectivity index (χ0n) is 9.06. The van der Waals surface area contributed by atoms with Crippen LogP contribution in [0.1, 0.15) is 20.4 Å². The van der Waals surface area contributed by atoms with Crippen LogP contribution in [0.25, 0.3) is 0 Å². The fourth-order valence-corrected chi connectivity index (χ4v) is 4.09. The van der Waals surface area contributed by atoms with Crippen LogP contribution in [-0.4, -0.2) is 26.3 Å². The fourth-order valence-electron chi connectivity index (χ4n) is 1.08. The first kappa shape index (κ1) is 14.2. The summed E-state index contributed by atoms with van der Waals surface area (Å²) in [7, 11) is 0. The Balaban J connectivity index is 2.35. The molecule has 0 aliphatic carbocycles. The van der Waals surface area contributed by atoms with Crippen LogP contribution in [-0.2, 0) is 6.18 Å². The van der Waals surface area contributed by atoms with Gasteiger partial charge >= 0.3 is 12.1 Å². The molecule has 0 saturated carbocycles. The summed E-state index contributed by atoms with van der Waals surface area (Å²) >= 11 is 2.53. The molecule has 0 radical (unpaired) electrons. The Labute approximate surface area is 116 Å². The third-order valence-electron chi connectivity index (χ3n) is 1.75. The van der Waals surface area contributed by atoms with Crippen molar-refractivity contribution >= 4 is 40.4 Å². The molecule has 1 N–H and O–H groups in total. The number of halogens is 3. The summed E-state index contributed by atoms with van der Waals surface area (Å²) in [6, 6.07) is 0. The van der Waals surface area contributed by atoms with Gasteiger partial charge in [-0.15, -0.1) is 10.2 Å². The maximum Gasteiger partial charge on any atom is 0.435 e. The second-order valence-corrected chi connectivity index (χ2v) is 6.82. The van der Waals surface area contributed by atoms with Gasteiger partial charge in [-0.25, -0.2) is 9.78 Å². The van der Waals surface area contributed by atoms with Crippen LogP contribution in [0.3, 0.4) is 0 Å². The van der Waals surface area contributed by atoms with E-state index in [-0.39, 0.29) is 4.34 Å². The number of thiazole rings is 1. The molecule has 0 amide bonds. The van der Waals surface area contributed by atoms with Gasteiger partial charge in [0, 0.05) is 0 Å². The molecule has 0 aromatic carbocycles. The van der Waals surface area contributed by atoms with Crippen molar-refractivity contribution in [3.63, 3.8) is 0 Å². The van der Waals surface area contributed by atoms with Crippen molar-refractivity contribution in [3.05, 3.63) is 15.6 Å². The van der Waals surface area contributed by atoms with Crippen LogP contribution >= 0.6 is 34.4 Å². The van der Waals surface area contributed by atoms with Crippen molar-refractivity contribution in [1.82, 2.24) is 15.2 Å². The summed E-state index contributed by atoms with van der Waals surface area (Å²) < 4.78 is 38.2. The highest BCUT2D eigenvalue weighted by Gasteiger charge is 2.39. The quantitative estimate of drug-likeness (QED) is 0.933. The number of hydrogen-bond donors (Lipinski definition) is 1. The highest BCUT2D eigenvalue weighted by Crippen LogP contribution is 2.40. The molecule has 2 rings (SSSR count).